The Hall–Kier alpha value is -2.06. The van der Waals surface area contributed by atoms with E-state index in [9.17, 15) is 15.0 Å². The van der Waals surface area contributed by atoms with Gasteiger partial charge in [0.15, 0.2) is 0 Å². The number of nitrogens with one attached hydrogen (secondary N) is 2. The van der Waals surface area contributed by atoms with Crippen LogP contribution in [-0.2, 0) is 0 Å². The third kappa shape index (κ3) is 3.99. The highest BCUT2D eigenvalue weighted by atomic mass is 79.9. The lowest BCUT2D eigenvalue weighted by atomic mass is 10.2. The minimum Gasteiger partial charge on any atom is -0.506 e. The van der Waals surface area contributed by atoms with Crippen LogP contribution in [0.4, 0.5) is 10.5 Å². The van der Waals surface area contributed by atoms with Gasteiger partial charge in [-0.1, -0.05) is 18.2 Å². The summed E-state index contributed by atoms with van der Waals surface area (Å²) >= 11 is 6.20. The van der Waals surface area contributed by atoms with E-state index in [0.29, 0.717) is 15.7 Å². The number of nitrogens with zero attached hydrogens (tertiary/aromatic N) is 1. The molecule has 2 aromatic carbocycles. The first-order valence-electron chi connectivity index (χ1n) is 6.04. The van der Waals surface area contributed by atoms with Gasteiger partial charge in [-0.25, -0.2) is 10.2 Å². The maximum Gasteiger partial charge on any atom is 0.339 e. The summed E-state index contributed by atoms with van der Waals surface area (Å²) in [4.78, 5) is 11.6. The number of hydrogen-bond donors (Lipinski definition) is 4. The quantitative estimate of drug-likeness (QED) is 0.442. The Morgan fingerprint density at radius 1 is 1.14 bits per heavy atom. The van der Waals surface area contributed by atoms with E-state index in [0.717, 1.165) is 0 Å². The average molecular weight is 429 g/mol. The maximum atomic E-state index is 11.6. The summed E-state index contributed by atoms with van der Waals surface area (Å²) in [6, 6.07) is 9.86. The zero-order valence-corrected chi connectivity index (χ0v) is 14.2. The fraction of sp³-hybridized carbons (Fsp3) is 0. The van der Waals surface area contributed by atoms with Gasteiger partial charge in [0.05, 0.1) is 10.7 Å². The van der Waals surface area contributed by atoms with E-state index in [-0.39, 0.29) is 16.0 Å². The third-order valence-electron chi connectivity index (χ3n) is 2.60. The Balaban J connectivity index is 2.03. The molecular formula is C14H11Br2N3O3. The number of phenols is 2. The van der Waals surface area contributed by atoms with Gasteiger partial charge >= 0.3 is 6.03 Å². The lowest BCUT2D eigenvalue weighted by Gasteiger charge is -2.06. The number of phenolic OH excluding ortho intramolecular Hbond substituents is 2. The Morgan fingerprint density at radius 3 is 2.50 bits per heavy atom. The van der Waals surface area contributed by atoms with Crippen molar-refractivity contribution in [2.75, 3.05) is 5.32 Å². The number of aromatic hydroxyl groups is 2. The number of carbonyl (C=O) groups excluding carboxylic acids is 1. The molecule has 0 heterocycles. The molecule has 114 valence electrons. The molecule has 0 saturated carbocycles. The number of hydrogen-bond acceptors (Lipinski definition) is 4. The van der Waals surface area contributed by atoms with Crippen molar-refractivity contribution in [3.05, 3.63) is 50.9 Å². The van der Waals surface area contributed by atoms with Crippen molar-refractivity contribution in [3.8, 4) is 11.5 Å². The van der Waals surface area contributed by atoms with Gasteiger partial charge in [-0.3, -0.25) is 0 Å². The van der Waals surface area contributed by atoms with E-state index in [4.69, 9.17) is 0 Å². The van der Waals surface area contributed by atoms with Crippen molar-refractivity contribution < 1.29 is 15.0 Å². The molecular weight excluding hydrogens is 418 g/mol. The summed E-state index contributed by atoms with van der Waals surface area (Å²) in [5, 5.41) is 25.8. The highest BCUT2D eigenvalue weighted by molar-refractivity contribution is 9.11. The lowest BCUT2D eigenvalue weighted by molar-refractivity contribution is 0.252. The second kappa shape index (κ2) is 7.28. The van der Waals surface area contributed by atoms with Crippen molar-refractivity contribution in [1.29, 1.82) is 0 Å². The molecule has 0 saturated heterocycles. The smallest absolute Gasteiger partial charge is 0.339 e. The number of hydrazone groups is 1. The number of rotatable bonds is 3. The molecule has 0 aliphatic heterocycles. The molecule has 0 unspecified atom stereocenters. The number of carbonyl (C=O) groups is 1. The molecule has 22 heavy (non-hydrogen) atoms. The number of amides is 2. The largest absolute Gasteiger partial charge is 0.506 e. The molecule has 6 nitrogen and oxygen atoms in total. The SMILES string of the molecule is O=C(N/N=C/c1cc(Br)c(O)c(Br)c1O)Nc1ccccc1. The van der Waals surface area contributed by atoms with Gasteiger partial charge in [-0.2, -0.15) is 5.10 Å². The van der Waals surface area contributed by atoms with E-state index in [2.05, 4.69) is 47.7 Å². The molecule has 2 amide bonds. The second-order valence-corrected chi connectivity index (χ2v) is 5.80. The first-order chi connectivity index (χ1) is 10.5. The highest BCUT2D eigenvalue weighted by Gasteiger charge is 2.12. The number of anilines is 1. The van der Waals surface area contributed by atoms with Crippen LogP contribution in [0.2, 0.25) is 0 Å². The van der Waals surface area contributed by atoms with Gasteiger partial charge in [0.1, 0.15) is 16.0 Å². The molecule has 0 radical (unpaired) electrons. The average Bonchev–Trinajstić information content (AvgIpc) is 2.51. The molecule has 4 N–H and O–H groups in total. The van der Waals surface area contributed by atoms with Crippen LogP contribution in [0.3, 0.4) is 0 Å². The molecule has 0 aliphatic carbocycles. The van der Waals surface area contributed by atoms with Crippen molar-refractivity contribution in [3.63, 3.8) is 0 Å². The number of halogens is 2. The molecule has 0 spiro atoms. The monoisotopic (exact) mass is 427 g/mol. The molecule has 8 heteroatoms. The van der Waals surface area contributed by atoms with Gasteiger partial charge < -0.3 is 15.5 Å². The van der Waals surface area contributed by atoms with Crippen molar-refractivity contribution in [1.82, 2.24) is 5.43 Å². The topological polar surface area (TPSA) is 94.0 Å². The number of urea groups is 1. The van der Waals surface area contributed by atoms with Crippen molar-refractivity contribution >= 4 is 49.8 Å². The van der Waals surface area contributed by atoms with Crippen LogP contribution in [0.1, 0.15) is 5.56 Å². The van der Waals surface area contributed by atoms with Crippen LogP contribution in [0.25, 0.3) is 0 Å². The normalized spacial score (nSPS) is 10.6. The fourth-order valence-electron chi connectivity index (χ4n) is 1.56. The summed E-state index contributed by atoms with van der Waals surface area (Å²) in [6.07, 6.45) is 1.26. The van der Waals surface area contributed by atoms with E-state index >= 15 is 0 Å². The maximum absolute atomic E-state index is 11.6. The molecule has 2 rings (SSSR count). The Labute approximate surface area is 143 Å². The minimum atomic E-state index is -0.515. The van der Waals surface area contributed by atoms with E-state index < -0.39 is 6.03 Å². The molecule has 0 bridgehead atoms. The summed E-state index contributed by atoms with van der Waals surface area (Å²) < 4.78 is 0.518. The summed E-state index contributed by atoms with van der Waals surface area (Å²) in [7, 11) is 0. The zero-order chi connectivity index (χ0) is 16.1. The zero-order valence-electron chi connectivity index (χ0n) is 11.0. The predicted molar refractivity (Wildman–Crippen MR) is 91.4 cm³/mol. The van der Waals surface area contributed by atoms with Crippen LogP contribution >= 0.6 is 31.9 Å². The van der Waals surface area contributed by atoms with E-state index in [1.54, 1.807) is 24.3 Å². The van der Waals surface area contributed by atoms with Crippen LogP contribution in [0, 0.1) is 0 Å². The van der Waals surface area contributed by atoms with Crippen LogP contribution in [-0.4, -0.2) is 22.5 Å². The fourth-order valence-corrected chi connectivity index (χ4v) is 2.71. The van der Waals surface area contributed by atoms with Gasteiger partial charge in [0.25, 0.3) is 0 Å². The van der Waals surface area contributed by atoms with Gasteiger partial charge in [-0.15, -0.1) is 0 Å². The molecule has 0 atom stereocenters. The van der Waals surface area contributed by atoms with E-state index in [1.807, 2.05) is 6.07 Å². The number of para-hydroxylation sites is 1. The number of benzene rings is 2. The lowest BCUT2D eigenvalue weighted by Crippen LogP contribution is -2.24. The minimum absolute atomic E-state index is 0.121. The Morgan fingerprint density at radius 2 is 1.82 bits per heavy atom. The van der Waals surface area contributed by atoms with Crippen molar-refractivity contribution in [2.24, 2.45) is 5.10 Å². The van der Waals surface area contributed by atoms with Crippen LogP contribution in [0.15, 0.2) is 50.4 Å². The standard InChI is InChI=1S/C14H11Br2N3O3/c15-10-6-8(12(20)11(16)13(10)21)7-17-19-14(22)18-9-4-2-1-3-5-9/h1-7,20-21H,(H2,18,19,22)/b17-7+. The molecule has 0 fully saturated rings. The van der Waals surface area contributed by atoms with Gasteiger partial charge in [0, 0.05) is 11.3 Å². The summed E-state index contributed by atoms with van der Waals surface area (Å²) in [6.45, 7) is 0. The first-order valence-corrected chi connectivity index (χ1v) is 7.62. The molecule has 0 aliphatic rings. The second-order valence-electron chi connectivity index (χ2n) is 4.15. The molecule has 2 aromatic rings. The van der Waals surface area contributed by atoms with Crippen LogP contribution < -0.4 is 10.7 Å². The van der Waals surface area contributed by atoms with Crippen molar-refractivity contribution in [2.45, 2.75) is 0 Å². The summed E-state index contributed by atoms with van der Waals surface area (Å²) in [5.74, 6) is -0.306. The third-order valence-corrected chi connectivity index (χ3v) is 3.95. The molecule has 0 aromatic heterocycles. The van der Waals surface area contributed by atoms with E-state index in [1.165, 1.54) is 12.3 Å². The highest BCUT2D eigenvalue weighted by Crippen LogP contribution is 2.40. The summed E-state index contributed by atoms with van der Waals surface area (Å²) in [5.41, 5.74) is 3.22. The van der Waals surface area contributed by atoms with Crippen LogP contribution in [0.5, 0.6) is 11.5 Å². The Bertz CT molecular complexity index is 721. The van der Waals surface area contributed by atoms with Gasteiger partial charge in [0.2, 0.25) is 0 Å². The predicted octanol–water partition coefficient (Wildman–Crippen LogP) is 3.78. The Kier molecular flexibility index (Phi) is 5.40. The van der Waals surface area contributed by atoms with Gasteiger partial charge in [-0.05, 0) is 50.1 Å². The first kappa shape index (κ1) is 16.3.